The molecule has 1 unspecified atom stereocenters. The van der Waals surface area contributed by atoms with Crippen molar-refractivity contribution in [2.24, 2.45) is 5.92 Å². The zero-order valence-electron chi connectivity index (χ0n) is 13.7. The molecule has 0 saturated carbocycles. The van der Waals surface area contributed by atoms with Gasteiger partial charge in [0.2, 0.25) is 15.9 Å². The number of carbonyl (C=O) groups is 1. The van der Waals surface area contributed by atoms with E-state index in [1.54, 1.807) is 18.2 Å². The Balaban J connectivity index is 2.02. The Morgan fingerprint density at radius 2 is 1.88 bits per heavy atom. The summed E-state index contributed by atoms with van der Waals surface area (Å²) < 4.78 is 52.7. The van der Waals surface area contributed by atoms with Crippen molar-refractivity contribution in [2.75, 3.05) is 15.8 Å². The molecule has 2 aromatic carbocycles. The minimum absolute atomic E-state index is 0.368. The maximum absolute atomic E-state index is 13.6. The monoisotopic (exact) mass is 368 g/mol. The van der Waals surface area contributed by atoms with Gasteiger partial charge in [-0.2, -0.15) is 0 Å². The lowest BCUT2D eigenvalue weighted by Crippen LogP contribution is -2.30. The summed E-state index contributed by atoms with van der Waals surface area (Å²) in [5.41, 5.74) is 1.14. The molecular formula is C17H18F2N2O3S. The topological polar surface area (TPSA) is 75.3 Å². The second kappa shape index (κ2) is 7.60. The molecule has 0 bridgehead atoms. The predicted molar refractivity (Wildman–Crippen MR) is 92.7 cm³/mol. The van der Waals surface area contributed by atoms with Gasteiger partial charge in [-0.1, -0.05) is 19.1 Å². The van der Waals surface area contributed by atoms with Crippen LogP contribution in [0.15, 0.2) is 42.5 Å². The van der Waals surface area contributed by atoms with Crippen molar-refractivity contribution in [1.82, 2.24) is 0 Å². The van der Waals surface area contributed by atoms with Gasteiger partial charge in [0.1, 0.15) is 11.6 Å². The minimum Gasteiger partial charge on any atom is -0.326 e. The molecule has 2 rings (SSSR count). The Morgan fingerprint density at radius 1 is 1.16 bits per heavy atom. The molecule has 2 N–H and O–H groups in total. The van der Waals surface area contributed by atoms with Crippen LogP contribution in [0.2, 0.25) is 0 Å². The summed E-state index contributed by atoms with van der Waals surface area (Å²) >= 11 is 0. The van der Waals surface area contributed by atoms with Crippen LogP contribution >= 0.6 is 0 Å². The Hall–Kier alpha value is -2.48. The van der Waals surface area contributed by atoms with Crippen LogP contribution in [0.3, 0.4) is 0 Å². The highest BCUT2D eigenvalue weighted by molar-refractivity contribution is 7.92. The molecule has 2 aromatic rings. The first-order valence-corrected chi connectivity index (χ1v) is 9.14. The van der Waals surface area contributed by atoms with E-state index in [1.165, 1.54) is 6.92 Å². The van der Waals surface area contributed by atoms with Crippen LogP contribution in [0.4, 0.5) is 20.2 Å². The maximum Gasteiger partial charge on any atom is 0.233 e. The summed E-state index contributed by atoms with van der Waals surface area (Å²) in [6.07, 6.45) is 0. The summed E-state index contributed by atoms with van der Waals surface area (Å²) in [4.78, 5) is 12.1. The van der Waals surface area contributed by atoms with Crippen LogP contribution in [-0.2, 0) is 14.8 Å². The number of aryl methyl sites for hydroxylation is 1. The van der Waals surface area contributed by atoms with Crippen LogP contribution in [0, 0.1) is 24.5 Å². The third-order valence-electron chi connectivity index (χ3n) is 3.40. The maximum atomic E-state index is 13.6. The third-order valence-corrected chi connectivity index (χ3v) is 4.87. The van der Waals surface area contributed by atoms with Crippen molar-refractivity contribution in [3.63, 3.8) is 0 Å². The van der Waals surface area contributed by atoms with E-state index in [0.29, 0.717) is 11.8 Å². The molecule has 0 spiro atoms. The van der Waals surface area contributed by atoms with E-state index in [2.05, 4.69) is 5.32 Å². The van der Waals surface area contributed by atoms with Gasteiger partial charge >= 0.3 is 0 Å². The molecule has 134 valence electrons. The van der Waals surface area contributed by atoms with Gasteiger partial charge in [0.05, 0.1) is 17.4 Å². The third kappa shape index (κ3) is 5.53. The normalized spacial score (nSPS) is 12.5. The van der Waals surface area contributed by atoms with Gasteiger partial charge in [0, 0.05) is 11.8 Å². The van der Waals surface area contributed by atoms with Crippen molar-refractivity contribution < 1.29 is 22.0 Å². The van der Waals surface area contributed by atoms with Crippen molar-refractivity contribution in [3.8, 4) is 0 Å². The average molecular weight is 368 g/mol. The van der Waals surface area contributed by atoms with Gasteiger partial charge in [0.25, 0.3) is 0 Å². The molecule has 0 saturated heterocycles. The number of benzene rings is 2. The van der Waals surface area contributed by atoms with E-state index in [4.69, 9.17) is 0 Å². The summed E-state index contributed by atoms with van der Waals surface area (Å²) in [6, 6.07) is 9.58. The lowest BCUT2D eigenvalue weighted by atomic mass is 10.2. The van der Waals surface area contributed by atoms with Crippen molar-refractivity contribution in [2.45, 2.75) is 13.8 Å². The quantitative estimate of drug-likeness (QED) is 0.822. The molecule has 0 aromatic heterocycles. The Labute approximate surface area is 145 Å². The molecular weight excluding hydrogens is 350 g/mol. The molecule has 0 aliphatic carbocycles. The summed E-state index contributed by atoms with van der Waals surface area (Å²) in [6.45, 7) is 3.32. The second-order valence-electron chi connectivity index (χ2n) is 5.77. The van der Waals surface area contributed by atoms with Gasteiger partial charge in [-0.3, -0.25) is 9.52 Å². The van der Waals surface area contributed by atoms with E-state index in [-0.39, 0.29) is 5.69 Å². The van der Waals surface area contributed by atoms with Crippen LogP contribution in [0.25, 0.3) is 0 Å². The first-order valence-electron chi connectivity index (χ1n) is 7.49. The zero-order chi connectivity index (χ0) is 18.6. The number of carbonyl (C=O) groups excluding carboxylic acids is 1. The van der Waals surface area contributed by atoms with Crippen molar-refractivity contribution in [3.05, 3.63) is 59.7 Å². The SMILES string of the molecule is Cc1cccc(NC(=O)C(C)CS(=O)(=O)Nc2ccc(F)cc2F)c1. The van der Waals surface area contributed by atoms with E-state index in [9.17, 15) is 22.0 Å². The first-order chi connectivity index (χ1) is 11.7. The number of amides is 1. The standard InChI is InChI=1S/C17H18F2N2O3S/c1-11-4-3-5-14(8-11)20-17(22)12(2)10-25(23,24)21-16-7-6-13(18)9-15(16)19/h3-9,12,21H,10H2,1-2H3,(H,20,22). The average Bonchev–Trinajstić information content (AvgIpc) is 2.49. The number of halogens is 2. The lowest BCUT2D eigenvalue weighted by Gasteiger charge is -2.14. The molecule has 25 heavy (non-hydrogen) atoms. The number of hydrogen-bond donors (Lipinski definition) is 2. The van der Waals surface area contributed by atoms with Gasteiger partial charge in [-0.25, -0.2) is 17.2 Å². The number of hydrogen-bond acceptors (Lipinski definition) is 3. The van der Waals surface area contributed by atoms with Crippen LogP contribution in [0.5, 0.6) is 0 Å². The highest BCUT2D eigenvalue weighted by Gasteiger charge is 2.22. The zero-order valence-corrected chi connectivity index (χ0v) is 14.5. The number of sulfonamides is 1. The van der Waals surface area contributed by atoms with Gasteiger partial charge in [-0.05, 0) is 36.8 Å². The fraction of sp³-hybridized carbons (Fsp3) is 0.235. The fourth-order valence-corrected chi connectivity index (χ4v) is 3.57. The van der Waals surface area contributed by atoms with Crippen LogP contribution < -0.4 is 10.0 Å². The predicted octanol–water partition coefficient (Wildman–Crippen LogP) is 3.29. The van der Waals surface area contributed by atoms with E-state index >= 15 is 0 Å². The molecule has 1 atom stereocenters. The summed E-state index contributed by atoms with van der Waals surface area (Å²) in [5, 5.41) is 2.63. The Bertz CT molecular complexity index is 885. The van der Waals surface area contributed by atoms with Gasteiger partial charge in [0.15, 0.2) is 0 Å². The highest BCUT2D eigenvalue weighted by Crippen LogP contribution is 2.18. The molecule has 1 amide bonds. The molecule has 5 nitrogen and oxygen atoms in total. The van der Waals surface area contributed by atoms with E-state index in [1.807, 2.05) is 17.7 Å². The molecule has 0 radical (unpaired) electrons. The summed E-state index contributed by atoms with van der Waals surface area (Å²) in [5.74, 6) is -3.73. The van der Waals surface area contributed by atoms with E-state index < -0.39 is 39.2 Å². The van der Waals surface area contributed by atoms with Gasteiger partial charge < -0.3 is 5.32 Å². The highest BCUT2D eigenvalue weighted by atomic mass is 32.2. The Morgan fingerprint density at radius 3 is 2.52 bits per heavy atom. The number of nitrogens with one attached hydrogen (secondary N) is 2. The largest absolute Gasteiger partial charge is 0.326 e. The fourth-order valence-electron chi connectivity index (χ4n) is 2.17. The first kappa shape index (κ1) is 18.9. The molecule has 0 heterocycles. The molecule has 0 aliphatic heterocycles. The lowest BCUT2D eigenvalue weighted by molar-refractivity contribution is -0.118. The molecule has 0 aliphatic rings. The number of rotatable bonds is 6. The molecule has 8 heteroatoms. The van der Waals surface area contributed by atoms with Crippen LogP contribution in [0.1, 0.15) is 12.5 Å². The Kier molecular flexibility index (Phi) is 5.73. The summed E-state index contributed by atoms with van der Waals surface area (Å²) in [7, 11) is -3.99. The minimum atomic E-state index is -3.99. The van der Waals surface area contributed by atoms with Gasteiger partial charge in [-0.15, -0.1) is 0 Å². The van der Waals surface area contributed by atoms with Crippen LogP contribution in [-0.4, -0.2) is 20.1 Å². The van der Waals surface area contributed by atoms with E-state index in [0.717, 1.165) is 17.7 Å². The molecule has 0 fully saturated rings. The van der Waals surface area contributed by atoms with Crippen molar-refractivity contribution in [1.29, 1.82) is 0 Å². The van der Waals surface area contributed by atoms with Crippen molar-refractivity contribution >= 4 is 27.3 Å². The number of anilines is 2. The smallest absolute Gasteiger partial charge is 0.233 e. The second-order valence-corrected chi connectivity index (χ2v) is 7.53.